The number of esters is 1. The molecule has 0 spiro atoms. The van der Waals surface area contributed by atoms with Gasteiger partial charge in [0.1, 0.15) is 0 Å². The minimum Gasteiger partial charge on any atom is -0.463 e. The molecule has 0 atom stereocenters. The maximum absolute atomic E-state index is 11.5. The van der Waals surface area contributed by atoms with E-state index in [0.29, 0.717) is 19.1 Å². The second kappa shape index (κ2) is 12.8. The maximum atomic E-state index is 11.5. The predicted octanol–water partition coefficient (Wildman–Crippen LogP) is 2.41. The zero-order valence-electron chi connectivity index (χ0n) is 14.8. The molecular formula is C16H32IN3O3. The molecule has 1 aliphatic rings. The SMILES string of the molecule is CCNC(=NCCC(=O)OC(C)C)N1CCC(OCC)CC1.I. The van der Waals surface area contributed by atoms with Crippen LogP contribution in [-0.2, 0) is 14.3 Å². The van der Waals surface area contributed by atoms with Crippen molar-refractivity contribution in [3.63, 3.8) is 0 Å². The fourth-order valence-electron chi connectivity index (χ4n) is 2.47. The van der Waals surface area contributed by atoms with Crippen LogP contribution in [0.25, 0.3) is 0 Å². The van der Waals surface area contributed by atoms with Gasteiger partial charge in [0.2, 0.25) is 0 Å². The van der Waals surface area contributed by atoms with Gasteiger partial charge in [0.25, 0.3) is 0 Å². The number of likely N-dealkylation sites (tertiary alicyclic amines) is 1. The van der Waals surface area contributed by atoms with Crippen molar-refractivity contribution in [1.29, 1.82) is 0 Å². The number of nitrogens with zero attached hydrogens (tertiary/aromatic N) is 2. The normalized spacial score (nSPS) is 16.2. The van der Waals surface area contributed by atoms with Gasteiger partial charge in [-0.3, -0.25) is 9.79 Å². The summed E-state index contributed by atoms with van der Waals surface area (Å²) in [6, 6.07) is 0. The number of aliphatic imine (C=N–C) groups is 1. The van der Waals surface area contributed by atoms with E-state index in [-0.39, 0.29) is 36.0 Å². The lowest BCUT2D eigenvalue weighted by Crippen LogP contribution is -2.47. The number of rotatable bonds is 7. The number of piperidine rings is 1. The maximum Gasteiger partial charge on any atom is 0.307 e. The monoisotopic (exact) mass is 441 g/mol. The van der Waals surface area contributed by atoms with E-state index < -0.39 is 0 Å². The molecule has 0 aromatic carbocycles. The minimum absolute atomic E-state index is 0. The summed E-state index contributed by atoms with van der Waals surface area (Å²) in [6.45, 7) is 11.7. The molecule has 0 aliphatic carbocycles. The molecule has 1 N–H and O–H groups in total. The zero-order valence-corrected chi connectivity index (χ0v) is 17.2. The molecule has 0 unspecified atom stereocenters. The molecular weight excluding hydrogens is 409 g/mol. The first-order valence-electron chi connectivity index (χ1n) is 8.41. The highest BCUT2D eigenvalue weighted by Crippen LogP contribution is 2.13. The van der Waals surface area contributed by atoms with Crippen molar-refractivity contribution in [2.75, 3.05) is 32.8 Å². The molecule has 23 heavy (non-hydrogen) atoms. The van der Waals surface area contributed by atoms with Crippen molar-refractivity contribution in [2.45, 2.75) is 59.2 Å². The smallest absolute Gasteiger partial charge is 0.307 e. The van der Waals surface area contributed by atoms with E-state index in [9.17, 15) is 4.79 Å². The topological polar surface area (TPSA) is 63.2 Å². The van der Waals surface area contributed by atoms with Crippen molar-refractivity contribution in [3.8, 4) is 0 Å². The molecule has 0 bridgehead atoms. The summed E-state index contributed by atoms with van der Waals surface area (Å²) in [7, 11) is 0. The van der Waals surface area contributed by atoms with Crippen molar-refractivity contribution in [2.24, 2.45) is 4.99 Å². The van der Waals surface area contributed by atoms with Gasteiger partial charge in [-0.1, -0.05) is 0 Å². The molecule has 0 radical (unpaired) electrons. The fraction of sp³-hybridized carbons (Fsp3) is 0.875. The third-order valence-corrected chi connectivity index (χ3v) is 3.42. The van der Waals surface area contributed by atoms with E-state index in [4.69, 9.17) is 9.47 Å². The van der Waals surface area contributed by atoms with E-state index in [1.54, 1.807) is 0 Å². The third-order valence-electron chi connectivity index (χ3n) is 3.42. The summed E-state index contributed by atoms with van der Waals surface area (Å²) >= 11 is 0. The highest BCUT2D eigenvalue weighted by Gasteiger charge is 2.21. The largest absolute Gasteiger partial charge is 0.463 e. The number of carbonyl (C=O) groups is 1. The molecule has 0 saturated carbocycles. The molecule has 0 aromatic heterocycles. The Morgan fingerprint density at radius 1 is 1.30 bits per heavy atom. The molecule has 0 aromatic rings. The van der Waals surface area contributed by atoms with E-state index in [0.717, 1.165) is 45.0 Å². The summed E-state index contributed by atoms with van der Waals surface area (Å²) in [4.78, 5) is 18.3. The molecule has 6 nitrogen and oxygen atoms in total. The van der Waals surface area contributed by atoms with Gasteiger partial charge in [-0.05, 0) is 40.5 Å². The Morgan fingerprint density at radius 3 is 2.48 bits per heavy atom. The van der Waals surface area contributed by atoms with Gasteiger partial charge in [-0.15, -0.1) is 24.0 Å². The number of halogens is 1. The number of hydrogen-bond donors (Lipinski definition) is 1. The summed E-state index contributed by atoms with van der Waals surface area (Å²) in [5.74, 6) is 0.694. The minimum atomic E-state index is -0.190. The Hall–Kier alpha value is -0.570. The quantitative estimate of drug-likeness (QED) is 0.285. The molecule has 0 amide bonds. The van der Waals surface area contributed by atoms with Crippen molar-refractivity contribution in [3.05, 3.63) is 0 Å². The van der Waals surface area contributed by atoms with Crippen LogP contribution < -0.4 is 5.32 Å². The average Bonchev–Trinajstić information content (AvgIpc) is 2.47. The molecule has 1 aliphatic heterocycles. The third kappa shape index (κ3) is 9.34. The van der Waals surface area contributed by atoms with Gasteiger partial charge in [-0.2, -0.15) is 0 Å². The van der Waals surface area contributed by atoms with Crippen LogP contribution in [0.1, 0.15) is 47.0 Å². The number of nitrogens with one attached hydrogen (secondary N) is 1. The van der Waals surface area contributed by atoms with Crippen LogP contribution >= 0.6 is 24.0 Å². The second-order valence-electron chi connectivity index (χ2n) is 5.67. The first-order chi connectivity index (χ1) is 10.6. The van der Waals surface area contributed by atoms with Crippen LogP contribution in [0.4, 0.5) is 0 Å². The molecule has 1 rings (SSSR count). The lowest BCUT2D eigenvalue weighted by atomic mass is 10.1. The van der Waals surface area contributed by atoms with Gasteiger partial charge in [-0.25, -0.2) is 0 Å². The molecule has 1 saturated heterocycles. The van der Waals surface area contributed by atoms with E-state index >= 15 is 0 Å². The summed E-state index contributed by atoms with van der Waals surface area (Å²) in [6.07, 6.45) is 2.66. The Balaban J connectivity index is 0.00000484. The van der Waals surface area contributed by atoms with Crippen LogP contribution in [0.2, 0.25) is 0 Å². The van der Waals surface area contributed by atoms with Crippen LogP contribution in [0.5, 0.6) is 0 Å². The number of guanidine groups is 1. The van der Waals surface area contributed by atoms with Gasteiger partial charge in [0, 0.05) is 26.2 Å². The second-order valence-corrected chi connectivity index (χ2v) is 5.67. The Labute approximate surface area is 157 Å². The first kappa shape index (κ1) is 22.4. The molecule has 7 heteroatoms. The lowest BCUT2D eigenvalue weighted by Gasteiger charge is -2.34. The number of carbonyl (C=O) groups excluding carboxylic acids is 1. The van der Waals surface area contributed by atoms with Gasteiger partial charge in [0.15, 0.2) is 5.96 Å². The zero-order chi connectivity index (χ0) is 16.4. The van der Waals surface area contributed by atoms with Crippen LogP contribution in [0, 0.1) is 0 Å². The summed E-state index contributed by atoms with van der Waals surface area (Å²) < 4.78 is 10.8. The highest BCUT2D eigenvalue weighted by atomic mass is 127. The van der Waals surface area contributed by atoms with Crippen molar-refractivity contribution < 1.29 is 14.3 Å². The summed E-state index contributed by atoms with van der Waals surface area (Å²) in [5.41, 5.74) is 0. The van der Waals surface area contributed by atoms with Crippen molar-refractivity contribution in [1.82, 2.24) is 10.2 Å². The number of hydrogen-bond acceptors (Lipinski definition) is 4. The first-order valence-corrected chi connectivity index (χ1v) is 8.41. The predicted molar refractivity (Wildman–Crippen MR) is 103 cm³/mol. The van der Waals surface area contributed by atoms with Gasteiger partial charge in [0.05, 0.1) is 25.2 Å². The molecule has 1 fully saturated rings. The lowest BCUT2D eigenvalue weighted by molar-refractivity contribution is -0.147. The molecule has 136 valence electrons. The van der Waals surface area contributed by atoms with E-state index in [1.807, 2.05) is 20.8 Å². The van der Waals surface area contributed by atoms with Crippen molar-refractivity contribution >= 4 is 35.9 Å². The Kier molecular flexibility index (Phi) is 12.5. The standard InChI is InChI=1S/C16H31N3O3.HI/c1-5-17-16(18-10-7-15(20)22-13(3)4)19-11-8-14(9-12-19)21-6-2;/h13-14H,5-12H2,1-4H3,(H,17,18);1H. The highest BCUT2D eigenvalue weighted by molar-refractivity contribution is 14.0. The van der Waals surface area contributed by atoms with Crippen LogP contribution in [0.3, 0.4) is 0 Å². The van der Waals surface area contributed by atoms with Crippen LogP contribution in [0.15, 0.2) is 4.99 Å². The Bertz CT molecular complexity index is 356. The van der Waals surface area contributed by atoms with E-state index in [2.05, 4.69) is 22.1 Å². The van der Waals surface area contributed by atoms with Gasteiger partial charge < -0.3 is 19.7 Å². The fourth-order valence-corrected chi connectivity index (χ4v) is 2.47. The Morgan fingerprint density at radius 2 is 1.96 bits per heavy atom. The van der Waals surface area contributed by atoms with E-state index in [1.165, 1.54) is 0 Å². The van der Waals surface area contributed by atoms with Gasteiger partial charge >= 0.3 is 5.97 Å². The summed E-state index contributed by atoms with van der Waals surface area (Å²) in [5, 5.41) is 3.30. The molecule has 1 heterocycles. The number of ether oxygens (including phenoxy) is 2. The average molecular weight is 441 g/mol. The van der Waals surface area contributed by atoms with Crippen LogP contribution in [-0.4, -0.2) is 61.8 Å².